The van der Waals surface area contributed by atoms with E-state index in [9.17, 15) is 9.59 Å². The Morgan fingerprint density at radius 2 is 1.88 bits per heavy atom. The lowest BCUT2D eigenvalue weighted by atomic mass is 10.0. The lowest BCUT2D eigenvalue weighted by Gasteiger charge is -2.31. The van der Waals surface area contributed by atoms with Gasteiger partial charge in [-0.3, -0.25) is 19.5 Å². The van der Waals surface area contributed by atoms with Crippen molar-refractivity contribution in [3.05, 3.63) is 54.0 Å². The summed E-state index contributed by atoms with van der Waals surface area (Å²) in [5, 5.41) is 17.6. The average molecular weight is 557 g/mol. The van der Waals surface area contributed by atoms with E-state index >= 15 is 0 Å². The van der Waals surface area contributed by atoms with Gasteiger partial charge in [0, 0.05) is 56.4 Å². The summed E-state index contributed by atoms with van der Waals surface area (Å²) in [5.74, 6) is 0.638. The van der Waals surface area contributed by atoms with Gasteiger partial charge in [-0.15, -0.1) is 0 Å². The first kappa shape index (κ1) is 28.0. The maximum atomic E-state index is 12.9. The van der Waals surface area contributed by atoms with E-state index in [1.165, 1.54) is 19.8 Å². The quantitative estimate of drug-likeness (QED) is 0.239. The molecular weight excluding hydrogens is 520 g/mol. The highest BCUT2D eigenvalue weighted by Crippen LogP contribution is 2.28. The number of amides is 2. The second-order valence-corrected chi connectivity index (χ2v) is 10.9. The maximum Gasteiger partial charge on any atom is 0.252 e. The Bertz CT molecular complexity index is 1600. The molecule has 4 aromatic rings. The number of carbonyl (C=O) groups is 2. The van der Waals surface area contributed by atoms with Gasteiger partial charge in [0.15, 0.2) is 11.5 Å². The SMILES string of the molecule is CC(=O)Nc1cccc(Nc2ncc3c(Nc4cc(C(=O)NCCN5CCCC5(C)C)cnc4C)nn(C)c3n2)c1. The molecule has 12 nitrogen and oxygen atoms in total. The first-order valence-corrected chi connectivity index (χ1v) is 13.7. The third-order valence-electron chi connectivity index (χ3n) is 7.36. The predicted octanol–water partition coefficient (Wildman–Crippen LogP) is 4.12. The van der Waals surface area contributed by atoms with Gasteiger partial charge in [-0.2, -0.15) is 10.1 Å². The van der Waals surface area contributed by atoms with Crippen molar-refractivity contribution >= 4 is 51.7 Å². The summed E-state index contributed by atoms with van der Waals surface area (Å²) in [7, 11) is 1.80. The van der Waals surface area contributed by atoms with E-state index in [4.69, 9.17) is 0 Å². The molecule has 0 atom stereocenters. The minimum atomic E-state index is -0.162. The molecule has 0 bridgehead atoms. The third-order valence-corrected chi connectivity index (χ3v) is 7.36. The van der Waals surface area contributed by atoms with E-state index in [1.807, 2.05) is 19.1 Å². The molecule has 41 heavy (non-hydrogen) atoms. The molecule has 12 heteroatoms. The molecule has 1 fully saturated rings. The lowest BCUT2D eigenvalue weighted by molar-refractivity contribution is -0.114. The number of aromatic nitrogens is 5. The second kappa shape index (κ2) is 11.5. The number of hydrogen-bond donors (Lipinski definition) is 4. The van der Waals surface area contributed by atoms with Crippen LogP contribution in [0.3, 0.4) is 0 Å². The van der Waals surface area contributed by atoms with E-state index in [2.05, 4.69) is 60.1 Å². The van der Waals surface area contributed by atoms with Gasteiger partial charge in [-0.1, -0.05) is 6.07 Å². The van der Waals surface area contributed by atoms with Crippen molar-refractivity contribution in [1.82, 2.24) is 34.9 Å². The molecular formula is C29H36N10O2. The van der Waals surface area contributed by atoms with Gasteiger partial charge < -0.3 is 21.3 Å². The molecule has 5 rings (SSSR count). The van der Waals surface area contributed by atoms with Gasteiger partial charge in [0.05, 0.1) is 22.3 Å². The van der Waals surface area contributed by atoms with Gasteiger partial charge in [-0.25, -0.2) is 9.67 Å². The van der Waals surface area contributed by atoms with Gasteiger partial charge in [-0.05, 0) is 64.4 Å². The Kier molecular flexibility index (Phi) is 7.84. The zero-order chi connectivity index (χ0) is 29.1. The first-order chi connectivity index (χ1) is 19.6. The van der Waals surface area contributed by atoms with E-state index in [0.29, 0.717) is 46.3 Å². The summed E-state index contributed by atoms with van der Waals surface area (Å²) in [6.45, 7) is 10.3. The number of pyridine rings is 1. The van der Waals surface area contributed by atoms with E-state index in [0.717, 1.165) is 24.5 Å². The topological polar surface area (TPSA) is 142 Å². The molecule has 0 unspecified atom stereocenters. The smallest absolute Gasteiger partial charge is 0.252 e. The summed E-state index contributed by atoms with van der Waals surface area (Å²) in [5.41, 5.74) is 4.09. The Morgan fingerprint density at radius 3 is 2.63 bits per heavy atom. The van der Waals surface area contributed by atoms with Crippen molar-refractivity contribution in [2.75, 3.05) is 35.6 Å². The van der Waals surface area contributed by atoms with Crippen LogP contribution in [-0.4, -0.2) is 66.6 Å². The highest BCUT2D eigenvalue weighted by molar-refractivity contribution is 5.96. The monoisotopic (exact) mass is 556 g/mol. The van der Waals surface area contributed by atoms with Crippen LogP contribution in [0.15, 0.2) is 42.7 Å². The van der Waals surface area contributed by atoms with Gasteiger partial charge >= 0.3 is 0 Å². The van der Waals surface area contributed by atoms with Crippen LogP contribution < -0.4 is 21.3 Å². The van der Waals surface area contributed by atoms with Crippen LogP contribution in [0.25, 0.3) is 11.0 Å². The van der Waals surface area contributed by atoms with Crippen LogP contribution in [0, 0.1) is 6.92 Å². The summed E-state index contributed by atoms with van der Waals surface area (Å²) >= 11 is 0. The minimum absolute atomic E-state index is 0.145. The zero-order valence-corrected chi connectivity index (χ0v) is 24.1. The normalized spacial score (nSPS) is 14.7. The van der Waals surface area contributed by atoms with Gasteiger partial charge in [0.1, 0.15) is 0 Å². The Labute approximate surface area is 239 Å². The van der Waals surface area contributed by atoms with Crippen molar-refractivity contribution in [1.29, 1.82) is 0 Å². The predicted molar refractivity (Wildman–Crippen MR) is 160 cm³/mol. The van der Waals surface area contributed by atoms with E-state index < -0.39 is 0 Å². The van der Waals surface area contributed by atoms with E-state index in [1.54, 1.807) is 42.3 Å². The van der Waals surface area contributed by atoms with Crippen molar-refractivity contribution in [3.63, 3.8) is 0 Å². The van der Waals surface area contributed by atoms with Crippen LogP contribution in [0.5, 0.6) is 0 Å². The maximum absolute atomic E-state index is 12.9. The second-order valence-electron chi connectivity index (χ2n) is 10.9. The Balaban J connectivity index is 1.28. The highest BCUT2D eigenvalue weighted by atomic mass is 16.2. The molecule has 1 aliphatic rings. The first-order valence-electron chi connectivity index (χ1n) is 13.7. The number of rotatable bonds is 9. The van der Waals surface area contributed by atoms with E-state index in [-0.39, 0.29) is 17.4 Å². The molecule has 1 aliphatic heterocycles. The number of likely N-dealkylation sites (tertiary alicyclic amines) is 1. The van der Waals surface area contributed by atoms with Crippen LogP contribution in [0.1, 0.15) is 49.7 Å². The van der Waals surface area contributed by atoms with Gasteiger partial charge in [0.2, 0.25) is 11.9 Å². The summed E-state index contributed by atoms with van der Waals surface area (Å²) in [4.78, 5) is 40.3. The van der Waals surface area contributed by atoms with Crippen molar-refractivity contribution in [2.24, 2.45) is 7.05 Å². The van der Waals surface area contributed by atoms with Crippen LogP contribution in [0.2, 0.25) is 0 Å². The van der Waals surface area contributed by atoms with Crippen LogP contribution in [-0.2, 0) is 11.8 Å². The molecule has 0 spiro atoms. The molecule has 3 aromatic heterocycles. The standard InChI is InChI=1S/C29H36N10O2/c1-18-24(14-20(16-31-18)27(41)30-11-13-39-12-7-10-29(39,3)4)35-25-23-17-32-28(36-26(23)38(5)37-25)34-22-9-6-8-21(15-22)33-19(2)40/h6,8-9,14-17H,7,10-13H2,1-5H3,(H,30,41)(H,33,40)(H,35,37)(H,32,34,36). The third kappa shape index (κ3) is 6.43. The zero-order valence-electron chi connectivity index (χ0n) is 24.1. The molecule has 214 valence electrons. The van der Waals surface area contributed by atoms with Crippen molar-refractivity contribution < 1.29 is 9.59 Å². The summed E-state index contributed by atoms with van der Waals surface area (Å²) in [6, 6.07) is 9.09. The summed E-state index contributed by atoms with van der Waals surface area (Å²) < 4.78 is 1.66. The minimum Gasteiger partial charge on any atom is -0.351 e. The molecule has 1 aromatic carbocycles. The molecule has 2 amide bonds. The average Bonchev–Trinajstić information content (AvgIpc) is 3.42. The molecule has 0 saturated carbocycles. The molecule has 0 radical (unpaired) electrons. The van der Waals surface area contributed by atoms with Gasteiger partial charge in [0.25, 0.3) is 5.91 Å². The number of nitrogens with one attached hydrogen (secondary N) is 4. The number of anilines is 5. The molecule has 0 aliphatic carbocycles. The molecule has 1 saturated heterocycles. The number of aryl methyl sites for hydroxylation is 2. The largest absolute Gasteiger partial charge is 0.351 e. The van der Waals surface area contributed by atoms with Crippen LogP contribution >= 0.6 is 0 Å². The number of fused-ring (bicyclic) bond motifs is 1. The number of carbonyl (C=O) groups excluding carboxylic acids is 2. The van der Waals surface area contributed by atoms with Crippen LogP contribution in [0.4, 0.5) is 28.8 Å². The Hall–Kier alpha value is -4.58. The fourth-order valence-corrected chi connectivity index (χ4v) is 5.09. The Morgan fingerprint density at radius 1 is 1.07 bits per heavy atom. The highest BCUT2D eigenvalue weighted by Gasteiger charge is 2.31. The molecule has 4 heterocycles. The van der Waals surface area contributed by atoms with Crippen molar-refractivity contribution in [3.8, 4) is 0 Å². The number of nitrogens with zero attached hydrogens (tertiary/aromatic N) is 6. The fraction of sp³-hybridized carbons (Fsp3) is 0.379. The lowest BCUT2D eigenvalue weighted by Crippen LogP contribution is -2.43. The number of hydrogen-bond acceptors (Lipinski definition) is 9. The molecule has 4 N–H and O–H groups in total. The fourth-order valence-electron chi connectivity index (χ4n) is 5.09. The van der Waals surface area contributed by atoms with Crippen molar-refractivity contribution in [2.45, 2.75) is 46.1 Å². The summed E-state index contributed by atoms with van der Waals surface area (Å²) in [6.07, 6.45) is 5.65. The number of benzene rings is 1.